The van der Waals surface area contributed by atoms with Crippen LogP contribution in [0.5, 0.6) is 0 Å². The summed E-state index contributed by atoms with van der Waals surface area (Å²) < 4.78 is 0. The molecule has 25 heavy (non-hydrogen) atoms. The van der Waals surface area contributed by atoms with Crippen molar-refractivity contribution < 1.29 is 4.79 Å². The van der Waals surface area contributed by atoms with Crippen LogP contribution in [-0.4, -0.2) is 17.4 Å². The Hall–Kier alpha value is -2.53. The van der Waals surface area contributed by atoms with E-state index in [0.717, 1.165) is 44.3 Å². The van der Waals surface area contributed by atoms with E-state index in [9.17, 15) is 4.79 Å². The molecule has 1 atom stereocenters. The zero-order valence-electron chi connectivity index (χ0n) is 14.9. The number of nitrogens with zero attached hydrogens (tertiary/aromatic N) is 1. The van der Waals surface area contributed by atoms with Crippen molar-refractivity contribution in [3.05, 3.63) is 71.8 Å². The number of rotatable bonds is 5. The summed E-state index contributed by atoms with van der Waals surface area (Å²) in [6.45, 7) is 3.70. The summed E-state index contributed by atoms with van der Waals surface area (Å²) in [5.41, 5.74) is 2.04. The second kappa shape index (κ2) is 8.03. The third-order valence-electron chi connectivity index (χ3n) is 4.99. The molecule has 0 N–H and O–H groups in total. The molecule has 1 fully saturated rings. The first kappa shape index (κ1) is 17.3. The second-order valence-corrected chi connectivity index (χ2v) is 7.04. The largest absolute Gasteiger partial charge is 0.338 e. The Bertz CT molecular complexity index is 757. The normalized spacial score (nSPS) is 19.6. The number of carbonyl (C=O) groups excluding carboxylic acids is 1. The van der Waals surface area contributed by atoms with Gasteiger partial charge in [-0.25, -0.2) is 0 Å². The Morgan fingerprint density at radius 1 is 1.04 bits per heavy atom. The van der Waals surface area contributed by atoms with E-state index < -0.39 is 0 Å². The molecule has 1 saturated heterocycles. The van der Waals surface area contributed by atoms with E-state index in [1.165, 1.54) is 5.56 Å². The molecule has 2 nitrogen and oxygen atoms in total. The van der Waals surface area contributed by atoms with Crippen molar-refractivity contribution in [2.45, 2.75) is 39.2 Å². The van der Waals surface area contributed by atoms with Crippen molar-refractivity contribution in [2.75, 3.05) is 6.54 Å². The summed E-state index contributed by atoms with van der Waals surface area (Å²) in [5, 5.41) is 0. The Balaban J connectivity index is 1.49. The average molecular weight is 331 g/mol. The Kier molecular flexibility index (Phi) is 5.56. The van der Waals surface area contributed by atoms with Gasteiger partial charge in [-0.3, -0.25) is 4.79 Å². The van der Waals surface area contributed by atoms with Crippen molar-refractivity contribution >= 4 is 5.91 Å². The minimum absolute atomic E-state index is 0.219. The molecule has 1 aliphatic heterocycles. The van der Waals surface area contributed by atoms with Crippen LogP contribution < -0.4 is 0 Å². The van der Waals surface area contributed by atoms with Crippen LogP contribution >= 0.6 is 0 Å². The first-order valence-electron chi connectivity index (χ1n) is 9.05. The molecule has 0 aromatic heterocycles. The standard InChI is InChI=1S/C23H25NO/c1-23(16-10-4-9-13-20-11-5-2-6-12-20)17-18-24(22(23)25)19-21-14-7-3-8-15-21/h2-3,5-8,11-12,14-15H,4,10,16-19H2,1H3. The molecule has 1 heterocycles. The molecule has 0 radical (unpaired) electrons. The summed E-state index contributed by atoms with van der Waals surface area (Å²) in [6, 6.07) is 20.3. The molecule has 0 aliphatic carbocycles. The van der Waals surface area contributed by atoms with Gasteiger partial charge in [-0.1, -0.05) is 67.3 Å². The molecule has 2 aromatic rings. The average Bonchev–Trinajstić information content (AvgIpc) is 2.92. The molecule has 0 saturated carbocycles. The van der Waals surface area contributed by atoms with E-state index >= 15 is 0 Å². The van der Waals surface area contributed by atoms with E-state index in [4.69, 9.17) is 0 Å². The zero-order chi connectivity index (χ0) is 17.5. The Labute approximate surface area is 150 Å². The number of carbonyl (C=O) groups is 1. The lowest BCUT2D eigenvalue weighted by molar-refractivity contribution is -0.136. The van der Waals surface area contributed by atoms with E-state index in [1.807, 2.05) is 53.4 Å². The highest BCUT2D eigenvalue weighted by Gasteiger charge is 2.41. The van der Waals surface area contributed by atoms with Gasteiger partial charge in [0.1, 0.15) is 0 Å². The maximum absolute atomic E-state index is 12.8. The Morgan fingerprint density at radius 2 is 1.72 bits per heavy atom. The minimum atomic E-state index is -0.219. The number of benzene rings is 2. The van der Waals surface area contributed by atoms with Crippen LogP contribution in [0.15, 0.2) is 60.7 Å². The number of unbranched alkanes of at least 4 members (excludes halogenated alkanes) is 1. The fourth-order valence-electron chi connectivity index (χ4n) is 3.41. The molecule has 1 aliphatic rings. The zero-order valence-corrected chi connectivity index (χ0v) is 14.9. The van der Waals surface area contributed by atoms with Crippen LogP contribution in [0, 0.1) is 17.3 Å². The van der Waals surface area contributed by atoms with Gasteiger partial charge in [0, 0.05) is 30.5 Å². The fraction of sp³-hybridized carbons (Fsp3) is 0.348. The highest BCUT2D eigenvalue weighted by molar-refractivity contribution is 5.84. The van der Waals surface area contributed by atoms with Gasteiger partial charge in [-0.05, 0) is 37.0 Å². The molecule has 0 spiro atoms. The molecule has 1 amide bonds. The van der Waals surface area contributed by atoms with E-state index in [-0.39, 0.29) is 5.41 Å². The maximum atomic E-state index is 12.8. The monoisotopic (exact) mass is 331 g/mol. The quantitative estimate of drug-likeness (QED) is 0.577. The molecule has 2 heteroatoms. The number of hydrogen-bond acceptors (Lipinski definition) is 1. The van der Waals surface area contributed by atoms with Crippen molar-refractivity contribution in [3.8, 4) is 11.8 Å². The summed E-state index contributed by atoms with van der Waals surface area (Å²) >= 11 is 0. The predicted octanol–water partition coefficient (Wildman–Crippen LogP) is 4.65. The van der Waals surface area contributed by atoms with Gasteiger partial charge in [0.15, 0.2) is 0 Å². The lowest BCUT2D eigenvalue weighted by atomic mass is 9.83. The van der Waals surface area contributed by atoms with Crippen molar-refractivity contribution in [2.24, 2.45) is 5.41 Å². The van der Waals surface area contributed by atoms with Crippen molar-refractivity contribution in [3.63, 3.8) is 0 Å². The van der Waals surface area contributed by atoms with E-state index in [2.05, 4.69) is 30.9 Å². The third-order valence-corrected chi connectivity index (χ3v) is 4.99. The summed E-state index contributed by atoms with van der Waals surface area (Å²) in [6.07, 6.45) is 3.68. The van der Waals surface area contributed by atoms with Gasteiger partial charge < -0.3 is 4.90 Å². The van der Waals surface area contributed by atoms with E-state index in [0.29, 0.717) is 5.91 Å². The summed E-state index contributed by atoms with van der Waals surface area (Å²) in [7, 11) is 0. The van der Waals surface area contributed by atoms with E-state index in [1.54, 1.807) is 0 Å². The molecular weight excluding hydrogens is 306 g/mol. The number of likely N-dealkylation sites (tertiary alicyclic amines) is 1. The molecule has 0 bridgehead atoms. The van der Waals surface area contributed by atoms with Crippen LogP contribution in [0.25, 0.3) is 0 Å². The first-order valence-corrected chi connectivity index (χ1v) is 9.05. The predicted molar refractivity (Wildman–Crippen MR) is 102 cm³/mol. The van der Waals surface area contributed by atoms with Crippen LogP contribution in [0.4, 0.5) is 0 Å². The molecule has 128 valence electrons. The van der Waals surface area contributed by atoms with Gasteiger partial charge in [0.2, 0.25) is 5.91 Å². The Morgan fingerprint density at radius 3 is 2.44 bits per heavy atom. The lowest BCUT2D eigenvalue weighted by Crippen LogP contribution is -2.32. The molecular formula is C23H25NO. The minimum Gasteiger partial charge on any atom is -0.338 e. The van der Waals surface area contributed by atoms with Crippen molar-refractivity contribution in [1.82, 2.24) is 4.90 Å². The first-order chi connectivity index (χ1) is 12.2. The van der Waals surface area contributed by atoms with Gasteiger partial charge in [-0.2, -0.15) is 0 Å². The molecule has 1 unspecified atom stereocenters. The van der Waals surface area contributed by atoms with Crippen LogP contribution in [0.2, 0.25) is 0 Å². The second-order valence-electron chi connectivity index (χ2n) is 7.04. The molecule has 2 aromatic carbocycles. The highest BCUT2D eigenvalue weighted by atomic mass is 16.2. The van der Waals surface area contributed by atoms with Crippen LogP contribution in [0.1, 0.15) is 43.7 Å². The fourth-order valence-corrected chi connectivity index (χ4v) is 3.41. The van der Waals surface area contributed by atoms with Crippen molar-refractivity contribution in [1.29, 1.82) is 0 Å². The van der Waals surface area contributed by atoms with Crippen LogP contribution in [-0.2, 0) is 11.3 Å². The van der Waals surface area contributed by atoms with Gasteiger partial charge in [0.25, 0.3) is 0 Å². The topological polar surface area (TPSA) is 20.3 Å². The summed E-state index contributed by atoms with van der Waals surface area (Å²) in [4.78, 5) is 14.8. The molecule has 3 rings (SSSR count). The summed E-state index contributed by atoms with van der Waals surface area (Å²) in [5.74, 6) is 6.72. The van der Waals surface area contributed by atoms with Gasteiger partial charge >= 0.3 is 0 Å². The highest BCUT2D eigenvalue weighted by Crippen LogP contribution is 2.37. The van der Waals surface area contributed by atoms with Gasteiger partial charge in [-0.15, -0.1) is 0 Å². The lowest BCUT2D eigenvalue weighted by Gasteiger charge is -2.23. The SMILES string of the molecule is CC1(CCCC#Cc2ccccc2)CCN(Cc2ccccc2)C1=O. The smallest absolute Gasteiger partial charge is 0.228 e. The number of amides is 1. The number of hydrogen-bond donors (Lipinski definition) is 0. The maximum Gasteiger partial charge on any atom is 0.228 e. The van der Waals surface area contributed by atoms with Crippen LogP contribution in [0.3, 0.4) is 0 Å². The third kappa shape index (κ3) is 4.51. The van der Waals surface area contributed by atoms with Gasteiger partial charge in [0.05, 0.1) is 0 Å².